The van der Waals surface area contributed by atoms with Crippen LogP contribution in [-0.2, 0) is 0 Å². The maximum atomic E-state index is 10.7. The highest BCUT2D eigenvalue weighted by molar-refractivity contribution is 7.19. The van der Waals surface area contributed by atoms with Crippen molar-refractivity contribution < 1.29 is 4.79 Å². The predicted molar refractivity (Wildman–Crippen MR) is 56.4 cm³/mol. The summed E-state index contributed by atoms with van der Waals surface area (Å²) in [5.41, 5.74) is 6.99. The van der Waals surface area contributed by atoms with E-state index in [-0.39, 0.29) is 0 Å². The molecule has 0 saturated carbocycles. The van der Waals surface area contributed by atoms with E-state index < -0.39 is 0 Å². The average Bonchev–Trinajstić information content (AvgIpc) is 2.43. The first-order valence-electron chi connectivity index (χ1n) is 3.95. The minimum atomic E-state index is 0.646. The lowest BCUT2D eigenvalue weighted by Crippen LogP contribution is -1.87. The van der Waals surface area contributed by atoms with E-state index in [0.29, 0.717) is 11.3 Å². The van der Waals surface area contributed by atoms with Crippen molar-refractivity contribution >= 4 is 33.4 Å². The van der Waals surface area contributed by atoms with Crippen LogP contribution in [0.2, 0.25) is 0 Å². The van der Waals surface area contributed by atoms with E-state index in [2.05, 4.69) is 0 Å². The summed E-state index contributed by atoms with van der Waals surface area (Å²) < 4.78 is 1.03. The Labute approximate surface area is 80.0 Å². The molecule has 3 heteroatoms. The van der Waals surface area contributed by atoms with Crippen LogP contribution < -0.4 is 5.73 Å². The molecule has 0 aliphatic rings. The molecule has 0 fully saturated rings. The summed E-state index contributed by atoms with van der Waals surface area (Å²) in [5, 5.41) is 1.06. The van der Waals surface area contributed by atoms with E-state index in [9.17, 15) is 4.79 Å². The Morgan fingerprint density at radius 1 is 1.38 bits per heavy atom. The standard InChI is InChI=1S/C10H9NOS/c1-6-2-7-3-9(11)4-8(5-12)10(7)13-6/h2-5H,11H2,1H3. The van der Waals surface area contributed by atoms with Gasteiger partial charge in [-0.05, 0) is 30.5 Å². The van der Waals surface area contributed by atoms with Crippen LogP contribution in [0.3, 0.4) is 0 Å². The number of hydrogen-bond acceptors (Lipinski definition) is 3. The number of nitrogens with two attached hydrogens (primary N) is 1. The molecule has 13 heavy (non-hydrogen) atoms. The van der Waals surface area contributed by atoms with E-state index in [1.54, 1.807) is 17.4 Å². The zero-order valence-corrected chi connectivity index (χ0v) is 8.02. The molecular formula is C10H9NOS. The van der Waals surface area contributed by atoms with Gasteiger partial charge in [0.05, 0.1) is 0 Å². The molecule has 0 bridgehead atoms. The van der Waals surface area contributed by atoms with Crippen molar-refractivity contribution in [2.24, 2.45) is 0 Å². The molecule has 1 heterocycles. The van der Waals surface area contributed by atoms with Crippen molar-refractivity contribution in [1.82, 2.24) is 0 Å². The topological polar surface area (TPSA) is 43.1 Å². The Morgan fingerprint density at radius 2 is 2.15 bits per heavy atom. The van der Waals surface area contributed by atoms with Crippen molar-refractivity contribution in [2.45, 2.75) is 6.92 Å². The second-order valence-corrected chi connectivity index (χ2v) is 4.26. The van der Waals surface area contributed by atoms with Crippen molar-refractivity contribution in [1.29, 1.82) is 0 Å². The summed E-state index contributed by atoms with van der Waals surface area (Å²) in [5.74, 6) is 0. The molecule has 1 aromatic carbocycles. The zero-order chi connectivity index (χ0) is 9.42. The molecule has 0 atom stereocenters. The van der Waals surface area contributed by atoms with Gasteiger partial charge in [-0.3, -0.25) is 4.79 Å². The van der Waals surface area contributed by atoms with Crippen LogP contribution in [-0.4, -0.2) is 6.29 Å². The number of carbonyl (C=O) groups is 1. The zero-order valence-electron chi connectivity index (χ0n) is 7.20. The monoisotopic (exact) mass is 191 g/mol. The molecule has 2 N–H and O–H groups in total. The number of benzene rings is 1. The molecule has 0 unspecified atom stereocenters. The Bertz CT molecular complexity index is 473. The highest BCUT2D eigenvalue weighted by Gasteiger charge is 2.04. The molecule has 2 rings (SSSR count). The van der Waals surface area contributed by atoms with Crippen LogP contribution in [0.1, 0.15) is 15.2 Å². The molecule has 0 saturated heterocycles. The van der Waals surface area contributed by atoms with E-state index in [1.165, 1.54) is 4.88 Å². The number of aldehydes is 1. The van der Waals surface area contributed by atoms with Gasteiger partial charge in [-0.1, -0.05) is 0 Å². The van der Waals surface area contributed by atoms with E-state index in [0.717, 1.165) is 16.4 Å². The molecule has 66 valence electrons. The van der Waals surface area contributed by atoms with Crippen molar-refractivity contribution in [3.8, 4) is 0 Å². The number of carbonyl (C=O) groups excluding carboxylic acids is 1. The number of aryl methyl sites for hydroxylation is 1. The lowest BCUT2D eigenvalue weighted by atomic mass is 10.1. The molecule has 0 aliphatic carbocycles. The van der Waals surface area contributed by atoms with E-state index in [1.807, 2.05) is 19.1 Å². The fraction of sp³-hybridized carbons (Fsp3) is 0.100. The van der Waals surface area contributed by atoms with Gasteiger partial charge < -0.3 is 5.73 Å². The number of thiophene rings is 1. The van der Waals surface area contributed by atoms with Gasteiger partial charge in [-0.2, -0.15) is 0 Å². The average molecular weight is 191 g/mol. The Kier molecular flexibility index (Phi) is 1.81. The maximum Gasteiger partial charge on any atom is 0.151 e. The Balaban J connectivity index is 2.88. The minimum Gasteiger partial charge on any atom is -0.399 e. The summed E-state index contributed by atoms with van der Waals surface area (Å²) in [7, 11) is 0. The molecular weight excluding hydrogens is 182 g/mol. The second-order valence-electron chi connectivity index (χ2n) is 3.00. The van der Waals surface area contributed by atoms with Gasteiger partial charge in [0.15, 0.2) is 6.29 Å². The fourth-order valence-electron chi connectivity index (χ4n) is 1.42. The quantitative estimate of drug-likeness (QED) is 0.556. The minimum absolute atomic E-state index is 0.646. The van der Waals surface area contributed by atoms with Gasteiger partial charge in [-0.25, -0.2) is 0 Å². The Morgan fingerprint density at radius 3 is 2.85 bits per heavy atom. The lowest BCUT2D eigenvalue weighted by molar-refractivity contribution is 0.112. The van der Waals surface area contributed by atoms with Crippen LogP contribution in [0, 0.1) is 6.92 Å². The molecule has 0 aliphatic heterocycles. The van der Waals surface area contributed by atoms with Gasteiger partial charge in [0.2, 0.25) is 0 Å². The van der Waals surface area contributed by atoms with Gasteiger partial charge in [0.1, 0.15) is 0 Å². The normalized spacial score (nSPS) is 10.5. The summed E-state index contributed by atoms with van der Waals surface area (Å²) in [4.78, 5) is 11.9. The number of rotatable bonds is 1. The summed E-state index contributed by atoms with van der Waals surface area (Å²) in [6, 6.07) is 5.65. The van der Waals surface area contributed by atoms with Crippen LogP contribution in [0.15, 0.2) is 18.2 Å². The molecule has 2 nitrogen and oxygen atoms in total. The van der Waals surface area contributed by atoms with E-state index in [4.69, 9.17) is 5.73 Å². The SMILES string of the molecule is Cc1cc2cc(N)cc(C=O)c2s1. The third kappa shape index (κ3) is 1.31. The third-order valence-corrected chi connectivity index (χ3v) is 3.03. The number of nitrogen functional groups attached to an aromatic ring is 1. The van der Waals surface area contributed by atoms with Crippen LogP contribution >= 0.6 is 11.3 Å². The highest BCUT2D eigenvalue weighted by Crippen LogP contribution is 2.29. The molecule has 2 aromatic rings. The van der Waals surface area contributed by atoms with E-state index >= 15 is 0 Å². The van der Waals surface area contributed by atoms with Gasteiger partial charge in [0, 0.05) is 20.8 Å². The van der Waals surface area contributed by atoms with Crippen molar-refractivity contribution in [3.63, 3.8) is 0 Å². The first kappa shape index (κ1) is 8.26. The fourth-order valence-corrected chi connectivity index (χ4v) is 2.39. The number of fused-ring (bicyclic) bond motifs is 1. The molecule has 0 amide bonds. The lowest BCUT2D eigenvalue weighted by Gasteiger charge is -1.96. The molecule has 0 spiro atoms. The van der Waals surface area contributed by atoms with Gasteiger partial charge in [0.25, 0.3) is 0 Å². The summed E-state index contributed by atoms with van der Waals surface area (Å²) in [6.45, 7) is 2.02. The van der Waals surface area contributed by atoms with Crippen LogP contribution in [0.4, 0.5) is 5.69 Å². The summed E-state index contributed by atoms with van der Waals surface area (Å²) >= 11 is 1.63. The Hall–Kier alpha value is -1.35. The van der Waals surface area contributed by atoms with Gasteiger partial charge in [-0.15, -0.1) is 11.3 Å². The van der Waals surface area contributed by atoms with Crippen LogP contribution in [0.25, 0.3) is 10.1 Å². The predicted octanol–water partition coefficient (Wildman–Crippen LogP) is 2.60. The maximum absolute atomic E-state index is 10.7. The largest absolute Gasteiger partial charge is 0.399 e. The van der Waals surface area contributed by atoms with Gasteiger partial charge >= 0.3 is 0 Å². The molecule has 1 aromatic heterocycles. The number of anilines is 1. The van der Waals surface area contributed by atoms with Crippen molar-refractivity contribution in [2.75, 3.05) is 5.73 Å². The first-order chi connectivity index (χ1) is 6.20. The van der Waals surface area contributed by atoms with Crippen LogP contribution in [0.5, 0.6) is 0 Å². The molecule has 0 radical (unpaired) electrons. The third-order valence-electron chi connectivity index (χ3n) is 1.92. The highest BCUT2D eigenvalue weighted by atomic mass is 32.1. The summed E-state index contributed by atoms with van der Waals surface area (Å²) in [6.07, 6.45) is 0.856. The smallest absolute Gasteiger partial charge is 0.151 e. The number of hydrogen-bond donors (Lipinski definition) is 1. The van der Waals surface area contributed by atoms with Crippen molar-refractivity contribution in [3.05, 3.63) is 28.6 Å². The second kappa shape index (κ2) is 2.85. The first-order valence-corrected chi connectivity index (χ1v) is 4.77.